The summed E-state index contributed by atoms with van der Waals surface area (Å²) in [7, 11) is -2.41. The molecule has 0 spiro atoms. The predicted octanol–water partition coefficient (Wildman–Crippen LogP) is 4.46. The quantitative estimate of drug-likeness (QED) is 0.373. The fourth-order valence-corrected chi connectivity index (χ4v) is 8.46. The molecular formula is C24H28ClN3O5S3. The number of piperidine rings is 1. The Morgan fingerprint density at radius 2 is 2.03 bits per heavy atom. The van der Waals surface area contributed by atoms with Crippen molar-refractivity contribution >= 4 is 66.4 Å². The van der Waals surface area contributed by atoms with E-state index in [1.54, 1.807) is 10.6 Å². The van der Waals surface area contributed by atoms with Crippen molar-refractivity contribution in [1.29, 1.82) is 0 Å². The van der Waals surface area contributed by atoms with Crippen molar-refractivity contribution in [2.45, 2.75) is 49.8 Å². The molecule has 3 heterocycles. The number of aromatic nitrogens is 1. The molecule has 1 atom stereocenters. The summed E-state index contributed by atoms with van der Waals surface area (Å²) in [6.07, 6.45) is 4.22. The van der Waals surface area contributed by atoms with Gasteiger partial charge < -0.3 is 9.30 Å². The number of carbonyl (C=O) groups excluding carboxylic acids is 2. The van der Waals surface area contributed by atoms with Gasteiger partial charge in [-0.2, -0.15) is 9.30 Å². The van der Waals surface area contributed by atoms with Crippen molar-refractivity contribution in [2.75, 3.05) is 20.2 Å². The van der Waals surface area contributed by atoms with E-state index in [9.17, 15) is 18.0 Å². The second-order valence-corrected chi connectivity index (χ2v) is 13.6. The lowest BCUT2D eigenvalue weighted by atomic mass is 9.99. The van der Waals surface area contributed by atoms with Crippen molar-refractivity contribution in [3.8, 4) is 0 Å². The number of hydrogen-bond acceptors (Lipinski definition) is 7. The maximum absolute atomic E-state index is 13.2. The zero-order valence-corrected chi connectivity index (χ0v) is 23.3. The van der Waals surface area contributed by atoms with E-state index in [-0.39, 0.29) is 17.3 Å². The molecule has 2 aromatic heterocycles. The third-order valence-corrected chi connectivity index (χ3v) is 10.8. The average molecular weight is 570 g/mol. The monoisotopic (exact) mass is 569 g/mol. The highest BCUT2D eigenvalue weighted by molar-refractivity contribution is 7.91. The number of rotatable bonds is 8. The molecule has 1 amide bonds. The largest absolute Gasteiger partial charge is 0.468 e. The molecule has 0 radical (unpaired) electrons. The van der Waals surface area contributed by atoms with Crippen LogP contribution in [0.15, 0.2) is 39.5 Å². The Kier molecular flexibility index (Phi) is 8.67. The number of halogens is 1. The van der Waals surface area contributed by atoms with Gasteiger partial charge in [-0.25, -0.2) is 8.42 Å². The van der Waals surface area contributed by atoms with Gasteiger partial charge in [0.05, 0.1) is 27.6 Å². The van der Waals surface area contributed by atoms with Gasteiger partial charge in [0.25, 0.3) is 15.9 Å². The number of sulfonamides is 1. The van der Waals surface area contributed by atoms with Gasteiger partial charge >= 0.3 is 5.97 Å². The minimum Gasteiger partial charge on any atom is -0.468 e. The van der Waals surface area contributed by atoms with Crippen LogP contribution in [0.25, 0.3) is 10.2 Å². The molecule has 0 aliphatic carbocycles. The van der Waals surface area contributed by atoms with Crippen molar-refractivity contribution < 1.29 is 22.7 Å². The zero-order valence-electron chi connectivity index (χ0n) is 20.1. The number of methoxy groups -OCH3 is 1. The first-order valence-electron chi connectivity index (χ1n) is 11.8. The van der Waals surface area contributed by atoms with E-state index in [2.05, 4.69) is 18.0 Å². The number of ether oxygens (including phenoxy) is 1. The average Bonchev–Trinajstić information content (AvgIpc) is 3.46. The smallest absolute Gasteiger partial charge is 0.325 e. The molecule has 1 fully saturated rings. The Morgan fingerprint density at radius 1 is 1.22 bits per heavy atom. The van der Waals surface area contributed by atoms with Gasteiger partial charge in [0, 0.05) is 13.1 Å². The van der Waals surface area contributed by atoms with Gasteiger partial charge in [0.1, 0.15) is 10.8 Å². The summed E-state index contributed by atoms with van der Waals surface area (Å²) in [5.74, 6) is -1.40. The molecule has 1 aliphatic rings. The first-order chi connectivity index (χ1) is 17.2. The molecule has 12 heteroatoms. The van der Waals surface area contributed by atoms with E-state index in [0.717, 1.165) is 40.8 Å². The molecule has 0 N–H and O–H groups in total. The summed E-state index contributed by atoms with van der Waals surface area (Å²) in [4.78, 5) is 30.1. The Hall–Kier alpha value is -2.05. The van der Waals surface area contributed by atoms with E-state index in [4.69, 9.17) is 16.3 Å². The number of nitrogens with zero attached hydrogens (tertiary/aromatic N) is 3. The number of amides is 1. The molecule has 194 valence electrons. The van der Waals surface area contributed by atoms with E-state index < -0.39 is 27.8 Å². The van der Waals surface area contributed by atoms with Crippen LogP contribution >= 0.6 is 34.3 Å². The van der Waals surface area contributed by atoms with Crippen LogP contribution in [-0.4, -0.2) is 49.4 Å². The molecule has 1 saturated heterocycles. The van der Waals surface area contributed by atoms with E-state index in [1.807, 2.05) is 12.1 Å². The number of hydrogen-bond donors (Lipinski definition) is 0. The zero-order chi connectivity index (χ0) is 25.9. The highest BCUT2D eigenvalue weighted by Gasteiger charge is 2.34. The van der Waals surface area contributed by atoms with E-state index >= 15 is 0 Å². The predicted molar refractivity (Wildman–Crippen MR) is 142 cm³/mol. The van der Waals surface area contributed by atoms with Crippen molar-refractivity contribution in [2.24, 2.45) is 10.9 Å². The molecule has 1 aliphatic heterocycles. The maximum Gasteiger partial charge on any atom is 0.325 e. The van der Waals surface area contributed by atoms with Crippen LogP contribution in [0, 0.1) is 5.92 Å². The first-order valence-corrected chi connectivity index (χ1v) is 15.2. The summed E-state index contributed by atoms with van der Waals surface area (Å²) in [6, 6.07) is 9.10. The fourth-order valence-electron chi connectivity index (χ4n) is 4.20. The van der Waals surface area contributed by atoms with Crippen molar-refractivity contribution in [3.05, 3.63) is 45.0 Å². The number of esters is 1. The minimum atomic E-state index is -3.73. The molecule has 1 aromatic carbocycles. The number of aryl methyl sites for hydroxylation is 1. The van der Waals surface area contributed by atoms with Crippen LogP contribution in [0.5, 0.6) is 0 Å². The molecular weight excluding hydrogens is 542 g/mol. The summed E-state index contributed by atoms with van der Waals surface area (Å²) in [6.45, 7) is 2.47. The van der Waals surface area contributed by atoms with Crippen LogP contribution < -0.4 is 4.80 Å². The Labute approximate surface area is 223 Å². The normalized spacial score (nSPS) is 17.5. The fraction of sp³-hybridized carbons (Fsp3) is 0.458. The molecule has 3 aromatic rings. The van der Waals surface area contributed by atoms with Crippen LogP contribution in [0.1, 0.15) is 38.2 Å². The van der Waals surface area contributed by atoms with Crippen molar-refractivity contribution in [3.63, 3.8) is 0 Å². The number of thiophene rings is 1. The number of benzene rings is 1. The second kappa shape index (κ2) is 11.6. The van der Waals surface area contributed by atoms with Crippen LogP contribution in [0.2, 0.25) is 4.34 Å². The van der Waals surface area contributed by atoms with E-state index in [0.29, 0.717) is 28.5 Å². The van der Waals surface area contributed by atoms with Gasteiger partial charge in [-0.3, -0.25) is 9.59 Å². The summed E-state index contributed by atoms with van der Waals surface area (Å²) >= 11 is 8.28. The van der Waals surface area contributed by atoms with Crippen molar-refractivity contribution in [1.82, 2.24) is 8.87 Å². The lowest BCUT2D eigenvalue weighted by molar-refractivity contribution is -0.141. The highest BCUT2D eigenvalue weighted by atomic mass is 35.5. The van der Waals surface area contributed by atoms with Gasteiger partial charge in [-0.05, 0) is 55.5 Å². The third kappa shape index (κ3) is 5.91. The SMILES string of the molecule is CCCCc1ccc2c(c1)sc(=NC(=O)C1CCCN(S(=O)(=O)c3ccc(Cl)s3)C1)n2CC(=O)OC. The number of thiazole rings is 1. The van der Waals surface area contributed by atoms with Crippen LogP contribution in [0.3, 0.4) is 0 Å². The number of unbranched alkanes of at least 4 members (excludes halogenated alkanes) is 1. The van der Waals surface area contributed by atoms with Gasteiger partial charge in [0.15, 0.2) is 4.80 Å². The summed E-state index contributed by atoms with van der Waals surface area (Å²) in [5, 5.41) is 0. The third-order valence-electron chi connectivity index (χ3n) is 6.16. The molecule has 4 rings (SSSR count). The summed E-state index contributed by atoms with van der Waals surface area (Å²) < 4.78 is 35.5. The number of fused-ring (bicyclic) bond motifs is 1. The molecule has 0 saturated carbocycles. The Bertz CT molecular complexity index is 1440. The standard InChI is InChI=1S/C24H28ClN3O5S3/c1-3-4-6-16-8-9-18-19(13-16)34-24(28(18)15-21(29)33-2)26-23(30)17-7-5-12-27(14-17)36(31,32)22-11-10-20(25)35-22/h8-11,13,17H,3-7,12,14-15H2,1-2H3. The maximum atomic E-state index is 13.2. The van der Waals surface area contributed by atoms with Crippen LogP contribution in [0.4, 0.5) is 0 Å². The minimum absolute atomic E-state index is 0.0588. The lowest BCUT2D eigenvalue weighted by Gasteiger charge is -2.29. The second-order valence-electron chi connectivity index (χ2n) is 8.66. The molecule has 1 unspecified atom stereocenters. The molecule has 0 bridgehead atoms. The van der Waals surface area contributed by atoms with Gasteiger partial charge in [-0.15, -0.1) is 11.3 Å². The van der Waals surface area contributed by atoms with Gasteiger partial charge in [-0.1, -0.05) is 42.3 Å². The Balaban J connectivity index is 1.64. The number of carbonyl (C=O) groups is 2. The summed E-state index contributed by atoms with van der Waals surface area (Å²) in [5.41, 5.74) is 2.00. The first kappa shape index (κ1) is 27.0. The van der Waals surface area contributed by atoms with Gasteiger partial charge in [0.2, 0.25) is 0 Å². The lowest BCUT2D eigenvalue weighted by Crippen LogP contribution is -2.42. The highest BCUT2D eigenvalue weighted by Crippen LogP contribution is 2.31. The van der Waals surface area contributed by atoms with Crippen LogP contribution in [-0.2, 0) is 37.3 Å². The molecule has 36 heavy (non-hydrogen) atoms. The van der Waals surface area contributed by atoms with E-state index in [1.165, 1.54) is 34.4 Å². The topological polar surface area (TPSA) is 98.0 Å². The Morgan fingerprint density at radius 3 is 2.72 bits per heavy atom. The molecule has 8 nitrogen and oxygen atoms in total.